The molecule has 1 fully saturated rings. The van der Waals surface area contributed by atoms with Crippen molar-refractivity contribution in [3.63, 3.8) is 0 Å². The minimum absolute atomic E-state index is 0.0977. The number of hydrazine groups is 1. The normalized spacial score (nSPS) is 17.7. The summed E-state index contributed by atoms with van der Waals surface area (Å²) < 4.78 is 0. The summed E-state index contributed by atoms with van der Waals surface area (Å²) in [4.78, 5) is 21.1. The standard InChI is InChI=1S/C9H17N3O2/c13-7-4-10-9(14)8-11-12-5-2-1-3-6-12/h7,11H,1-6,8H2,(H,10,14). The number of amides is 1. The van der Waals surface area contributed by atoms with Crippen LogP contribution in [-0.4, -0.2) is 43.4 Å². The molecule has 0 aliphatic carbocycles. The van der Waals surface area contributed by atoms with Crippen LogP contribution in [0.1, 0.15) is 19.3 Å². The zero-order valence-electron chi connectivity index (χ0n) is 8.29. The lowest BCUT2D eigenvalue weighted by molar-refractivity contribution is -0.122. The van der Waals surface area contributed by atoms with Crippen LogP contribution in [0.5, 0.6) is 0 Å². The van der Waals surface area contributed by atoms with Gasteiger partial charge in [0.1, 0.15) is 6.29 Å². The quantitative estimate of drug-likeness (QED) is 0.574. The molecular weight excluding hydrogens is 182 g/mol. The molecule has 0 spiro atoms. The molecule has 1 heterocycles. The molecule has 0 aromatic carbocycles. The summed E-state index contributed by atoms with van der Waals surface area (Å²) in [7, 11) is 0. The van der Waals surface area contributed by atoms with Crippen molar-refractivity contribution in [1.82, 2.24) is 15.8 Å². The Kier molecular flexibility index (Phi) is 5.17. The third-order valence-corrected chi connectivity index (χ3v) is 2.20. The highest BCUT2D eigenvalue weighted by Crippen LogP contribution is 2.05. The molecule has 14 heavy (non-hydrogen) atoms. The SMILES string of the molecule is O=CCNC(=O)CNN1CCCCC1. The fraction of sp³-hybridized carbons (Fsp3) is 0.778. The Labute approximate surface area is 83.8 Å². The van der Waals surface area contributed by atoms with Crippen LogP contribution >= 0.6 is 0 Å². The van der Waals surface area contributed by atoms with Gasteiger partial charge < -0.3 is 10.1 Å². The highest BCUT2D eigenvalue weighted by Gasteiger charge is 2.10. The number of hydrogen-bond donors (Lipinski definition) is 2. The summed E-state index contributed by atoms with van der Waals surface area (Å²) in [6, 6.07) is 0. The third kappa shape index (κ3) is 4.34. The molecule has 1 aliphatic rings. The van der Waals surface area contributed by atoms with Crippen molar-refractivity contribution < 1.29 is 9.59 Å². The van der Waals surface area contributed by atoms with Crippen LogP contribution in [0.25, 0.3) is 0 Å². The molecule has 1 rings (SSSR count). The molecule has 0 aromatic rings. The molecule has 5 heteroatoms. The minimum atomic E-state index is -0.136. The maximum Gasteiger partial charge on any atom is 0.235 e. The summed E-state index contributed by atoms with van der Waals surface area (Å²) in [6.07, 6.45) is 4.32. The second kappa shape index (κ2) is 6.50. The molecule has 2 N–H and O–H groups in total. The van der Waals surface area contributed by atoms with Crippen LogP contribution in [0.2, 0.25) is 0 Å². The fourth-order valence-corrected chi connectivity index (χ4v) is 1.45. The number of rotatable bonds is 5. The number of hydrogen-bond acceptors (Lipinski definition) is 4. The first kappa shape index (κ1) is 11.1. The van der Waals surface area contributed by atoms with Crippen molar-refractivity contribution in [2.24, 2.45) is 0 Å². The van der Waals surface area contributed by atoms with Gasteiger partial charge in [0.25, 0.3) is 0 Å². The lowest BCUT2D eigenvalue weighted by Gasteiger charge is -2.26. The van der Waals surface area contributed by atoms with Gasteiger partial charge >= 0.3 is 0 Å². The average molecular weight is 199 g/mol. The summed E-state index contributed by atoms with van der Waals surface area (Å²) in [5.74, 6) is -0.136. The first-order valence-corrected chi connectivity index (χ1v) is 5.01. The second-order valence-corrected chi connectivity index (χ2v) is 3.35. The molecule has 0 aromatic heterocycles. The van der Waals surface area contributed by atoms with E-state index in [4.69, 9.17) is 0 Å². The molecule has 5 nitrogen and oxygen atoms in total. The molecule has 0 unspecified atom stereocenters. The molecular formula is C9H17N3O2. The summed E-state index contributed by atoms with van der Waals surface area (Å²) >= 11 is 0. The minimum Gasteiger partial charge on any atom is -0.348 e. The maximum absolute atomic E-state index is 11.1. The molecule has 1 aliphatic heterocycles. The van der Waals surface area contributed by atoms with Crippen LogP contribution in [0.3, 0.4) is 0 Å². The topological polar surface area (TPSA) is 61.4 Å². The van der Waals surface area contributed by atoms with E-state index in [0.29, 0.717) is 6.29 Å². The largest absolute Gasteiger partial charge is 0.348 e. The van der Waals surface area contributed by atoms with Gasteiger partial charge in [-0.1, -0.05) is 6.42 Å². The Bertz CT molecular complexity index is 190. The Morgan fingerprint density at radius 2 is 2.00 bits per heavy atom. The van der Waals surface area contributed by atoms with Gasteiger partial charge in [0, 0.05) is 13.1 Å². The van der Waals surface area contributed by atoms with E-state index in [1.807, 2.05) is 0 Å². The van der Waals surface area contributed by atoms with Crippen molar-refractivity contribution >= 4 is 12.2 Å². The van der Waals surface area contributed by atoms with E-state index in [9.17, 15) is 9.59 Å². The summed E-state index contributed by atoms with van der Waals surface area (Å²) in [5, 5.41) is 4.54. The van der Waals surface area contributed by atoms with Crippen LogP contribution in [0.4, 0.5) is 0 Å². The predicted octanol–water partition coefficient (Wildman–Crippen LogP) is -0.708. The van der Waals surface area contributed by atoms with E-state index in [1.165, 1.54) is 19.3 Å². The molecule has 80 valence electrons. The van der Waals surface area contributed by atoms with Gasteiger partial charge in [-0.05, 0) is 12.8 Å². The molecule has 0 radical (unpaired) electrons. The summed E-state index contributed by atoms with van der Waals surface area (Å²) in [6.45, 7) is 2.36. The van der Waals surface area contributed by atoms with Gasteiger partial charge in [-0.3, -0.25) is 4.79 Å². The second-order valence-electron chi connectivity index (χ2n) is 3.35. The number of carbonyl (C=O) groups is 2. The van der Waals surface area contributed by atoms with Crippen molar-refractivity contribution in [1.29, 1.82) is 0 Å². The molecule has 1 saturated heterocycles. The van der Waals surface area contributed by atoms with Crippen LogP contribution < -0.4 is 10.7 Å². The van der Waals surface area contributed by atoms with E-state index < -0.39 is 0 Å². The van der Waals surface area contributed by atoms with Crippen molar-refractivity contribution in [2.75, 3.05) is 26.2 Å². The Balaban J connectivity index is 2.06. The zero-order valence-corrected chi connectivity index (χ0v) is 8.29. The maximum atomic E-state index is 11.1. The zero-order chi connectivity index (χ0) is 10.2. The number of aldehydes is 1. The highest BCUT2D eigenvalue weighted by molar-refractivity contribution is 5.79. The fourth-order valence-electron chi connectivity index (χ4n) is 1.45. The van der Waals surface area contributed by atoms with E-state index in [2.05, 4.69) is 15.8 Å². The smallest absolute Gasteiger partial charge is 0.235 e. The monoisotopic (exact) mass is 199 g/mol. The van der Waals surface area contributed by atoms with Crippen LogP contribution in [0, 0.1) is 0 Å². The predicted molar refractivity (Wildman–Crippen MR) is 52.5 cm³/mol. The lowest BCUT2D eigenvalue weighted by atomic mass is 10.2. The van der Waals surface area contributed by atoms with Gasteiger partial charge in [0.15, 0.2) is 0 Å². The van der Waals surface area contributed by atoms with Crippen LogP contribution in [-0.2, 0) is 9.59 Å². The van der Waals surface area contributed by atoms with Gasteiger partial charge in [0.2, 0.25) is 5.91 Å². The average Bonchev–Trinajstić information content (AvgIpc) is 2.25. The molecule has 1 amide bonds. The van der Waals surface area contributed by atoms with E-state index in [0.717, 1.165) is 13.1 Å². The van der Waals surface area contributed by atoms with E-state index >= 15 is 0 Å². The Hall–Kier alpha value is -0.940. The van der Waals surface area contributed by atoms with Gasteiger partial charge in [-0.2, -0.15) is 0 Å². The number of nitrogens with zero attached hydrogens (tertiary/aromatic N) is 1. The molecule has 0 atom stereocenters. The summed E-state index contributed by atoms with van der Waals surface area (Å²) in [5.41, 5.74) is 3.04. The van der Waals surface area contributed by atoms with E-state index in [1.54, 1.807) is 0 Å². The van der Waals surface area contributed by atoms with Gasteiger partial charge in [-0.25, -0.2) is 10.4 Å². The molecule has 0 saturated carbocycles. The van der Waals surface area contributed by atoms with Gasteiger partial charge in [0.05, 0.1) is 13.1 Å². The lowest BCUT2D eigenvalue weighted by Crippen LogP contribution is -2.46. The number of carbonyl (C=O) groups excluding carboxylic acids is 2. The first-order valence-electron chi connectivity index (χ1n) is 5.01. The number of nitrogens with one attached hydrogen (secondary N) is 2. The Morgan fingerprint density at radius 1 is 1.29 bits per heavy atom. The van der Waals surface area contributed by atoms with Crippen LogP contribution in [0.15, 0.2) is 0 Å². The van der Waals surface area contributed by atoms with Crippen molar-refractivity contribution in [2.45, 2.75) is 19.3 Å². The van der Waals surface area contributed by atoms with Gasteiger partial charge in [-0.15, -0.1) is 0 Å². The van der Waals surface area contributed by atoms with Crippen molar-refractivity contribution in [3.8, 4) is 0 Å². The van der Waals surface area contributed by atoms with E-state index in [-0.39, 0.29) is 19.0 Å². The third-order valence-electron chi connectivity index (χ3n) is 2.20. The molecule has 0 bridgehead atoms. The first-order chi connectivity index (χ1) is 6.83. The number of piperidine rings is 1. The highest BCUT2D eigenvalue weighted by atomic mass is 16.2. The Morgan fingerprint density at radius 3 is 2.64 bits per heavy atom. The van der Waals surface area contributed by atoms with Crippen molar-refractivity contribution in [3.05, 3.63) is 0 Å².